The molecule has 0 N–H and O–H groups in total. The number of ketones is 2. The molecule has 9 atom stereocenters. The molecule has 0 aromatic heterocycles. The minimum absolute atomic E-state index is 0.0620. The normalized spacial score (nSPS) is 41.3. The van der Waals surface area contributed by atoms with Crippen LogP contribution in [0.4, 0.5) is 4.79 Å². The second-order valence-corrected chi connectivity index (χ2v) is 12.0. The van der Waals surface area contributed by atoms with Crippen molar-refractivity contribution in [1.82, 2.24) is 0 Å². The molecule has 7 nitrogen and oxygen atoms in total. The molecular formula is C28H42O7. The molecule has 35 heavy (non-hydrogen) atoms. The van der Waals surface area contributed by atoms with Crippen LogP contribution in [0.3, 0.4) is 0 Å². The molecule has 4 fully saturated rings. The van der Waals surface area contributed by atoms with Crippen LogP contribution in [0.25, 0.3) is 0 Å². The average Bonchev–Trinajstić information content (AvgIpc) is 3.17. The molecule has 0 aliphatic heterocycles. The molecule has 196 valence electrons. The summed E-state index contributed by atoms with van der Waals surface area (Å²) >= 11 is 0. The first-order valence-electron chi connectivity index (χ1n) is 13.5. The highest BCUT2D eigenvalue weighted by atomic mass is 16.7. The van der Waals surface area contributed by atoms with Crippen LogP contribution in [0.5, 0.6) is 0 Å². The lowest BCUT2D eigenvalue weighted by molar-refractivity contribution is -0.169. The molecule has 0 aromatic carbocycles. The highest BCUT2D eigenvalue weighted by Gasteiger charge is 2.66. The standard InChI is InChI=1S/C28H42O7/c1-6-34-26(32)35-18-11-12-27(3)17(13-18)14-22(29)25-20-9-8-19(16(2)7-10-24(31)33-5)28(20,4)23(30)15-21(25)27/h16-21,25H,6-15H2,1-5H3/t16-,17+,18-,19+,20-,21+,25+,27-,28-/m1/s1. The van der Waals surface area contributed by atoms with Crippen molar-refractivity contribution >= 4 is 23.7 Å². The van der Waals surface area contributed by atoms with Crippen LogP contribution < -0.4 is 0 Å². The molecular weight excluding hydrogens is 448 g/mol. The zero-order chi connectivity index (χ0) is 25.5. The number of Topliss-reactive ketones (excluding diaryl/α,β-unsaturated/α-hetero) is 2. The van der Waals surface area contributed by atoms with Crippen LogP contribution in [-0.4, -0.2) is 43.5 Å². The van der Waals surface area contributed by atoms with Crippen LogP contribution in [0.1, 0.15) is 85.5 Å². The molecule has 0 amide bonds. The molecule has 0 bridgehead atoms. The monoisotopic (exact) mass is 490 g/mol. The zero-order valence-corrected chi connectivity index (χ0v) is 22.0. The van der Waals surface area contributed by atoms with E-state index in [-0.39, 0.29) is 59.6 Å². The third-order valence-electron chi connectivity index (χ3n) is 10.6. The zero-order valence-electron chi connectivity index (χ0n) is 22.0. The van der Waals surface area contributed by atoms with Gasteiger partial charge in [-0.1, -0.05) is 20.8 Å². The van der Waals surface area contributed by atoms with Crippen LogP contribution >= 0.6 is 0 Å². The molecule has 0 saturated heterocycles. The second-order valence-electron chi connectivity index (χ2n) is 12.0. The molecule has 7 heteroatoms. The molecule has 0 spiro atoms. The fourth-order valence-corrected chi connectivity index (χ4v) is 8.60. The van der Waals surface area contributed by atoms with Crippen molar-refractivity contribution in [3.63, 3.8) is 0 Å². The third-order valence-corrected chi connectivity index (χ3v) is 10.6. The van der Waals surface area contributed by atoms with E-state index >= 15 is 0 Å². The van der Waals surface area contributed by atoms with Crippen molar-refractivity contribution in [2.75, 3.05) is 13.7 Å². The van der Waals surface area contributed by atoms with Gasteiger partial charge in [0.1, 0.15) is 17.7 Å². The lowest BCUT2D eigenvalue weighted by Crippen LogP contribution is -2.60. The summed E-state index contributed by atoms with van der Waals surface area (Å²) in [6.45, 7) is 8.55. The number of esters is 1. The van der Waals surface area contributed by atoms with E-state index in [1.807, 2.05) is 0 Å². The maximum absolute atomic E-state index is 13.9. The summed E-state index contributed by atoms with van der Waals surface area (Å²) in [5.41, 5.74) is -0.599. The SMILES string of the molecule is CCOC(=O)O[C@@H]1CC[C@]2(C)[C@H](CC(=O)[C@H]3[C@H]4CC[C@@H]([C@H](C)CCC(=O)OC)[C@@]4(C)C(=O)C[C@@H]32)C1. The predicted octanol–water partition coefficient (Wildman–Crippen LogP) is 5.13. The minimum Gasteiger partial charge on any atom is -0.469 e. The fourth-order valence-electron chi connectivity index (χ4n) is 8.60. The van der Waals surface area contributed by atoms with Crippen molar-refractivity contribution in [3.8, 4) is 0 Å². The van der Waals surface area contributed by atoms with Gasteiger partial charge in [0.15, 0.2) is 0 Å². The number of methoxy groups -OCH3 is 1. The van der Waals surface area contributed by atoms with Crippen LogP contribution in [0.2, 0.25) is 0 Å². The molecule has 0 heterocycles. The summed E-state index contributed by atoms with van der Waals surface area (Å²) < 4.78 is 15.3. The lowest BCUT2D eigenvalue weighted by Gasteiger charge is -2.59. The van der Waals surface area contributed by atoms with Crippen LogP contribution in [-0.2, 0) is 28.6 Å². The Labute approximate surface area is 209 Å². The predicted molar refractivity (Wildman–Crippen MR) is 128 cm³/mol. The number of hydrogen-bond donors (Lipinski definition) is 0. The van der Waals surface area contributed by atoms with E-state index in [9.17, 15) is 19.2 Å². The van der Waals surface area contributed by atoms with Crippen molar-refractivity contribution in [3.05, 3.63) is 0 Å². The van der Waals surface area contributed by atoms with E-state index in [4.69, 9.17) is 14.2 Å². The number of carbonyl (C=O) groups is 4. The molecule has 0 aromatic rings. The van der Waals surface area contributed by atoms with Gasteiger partial charge in [0.25, 0.3) is 0 Å². The molecule has 4 aliphatic rings. The smallest absolute Gasteiger partial charge is 0.469 e. The largest absolute Gasteiger partial charge is 0.508 e. The van der Waals surface area contributed by atoms with Gasteiger partial charge in [0.05, 0.1) is 13.7 Å². The van der Waals surface area contributed by atoms with E-state index in [0.29, 0.717) is 43.7 Å². The highest BCUT2D eigenvalue weighted by molar-refractivity contribution is 5.92. The highest BCUT2D eigenvalue weighted by Crippen LogP contribution is 2.66. The van der Waals surface area contributed by atoms with E-state index in [1.54, 1.807) is 6.92 Å². The summed E-state index contributed by atoms with van der Waals surface area (Å²) in [5.74, 6) is 0.994. The quantitative estimate of drug-likeness (QED) is 0.476. The van der Waals surface area contributed by atoms with Gasteiger partial charge in [-0.05, 0) is 80.5 Å². The Kier molecular flexibility index (Phi) is 7.36. The first-order valence-corrected chi connectivity index (χ1v) is 13.5. The topological polar surface area (TPSA) is 96.0 Å². The maximum Gasteiger partial charge on any atom is 0.508 e. The first kappa shape index (κ1) is 26.2. The van der Waals surface area contributed by atoms with Gasteiger partial charge in [-0.2, -0.15) is 0 Å². The third kappa shape index (κ3) is 4.42. The number of ether oxygens (including phenoxy) is 3. The van der Waals surface area contributed by atoms with Crippen molar-refractivity contribution in [2.45, 2.75) is 91.6 Å². The van der Waals surface area contributed by atoms with E-state index in [0.717, 1.165) is 25.7 Å². The van der Waals surface area contributed by atoms with Crippen molar-refractivity contribution < 1.29 is 33.4 Å². The van der Waals surface area contributed by atoms with Gasteiger partial charge in [-0.3, -0.25) is 14.4 Å². The maximum atomic E-state index is 13.9. The summed E-state index contributed by atoms with van der Waals surface area (Å²) in [5, 5.41) is 0. The Bertz CT molecular complexity index is 867. The van der Waals surface area contributed by atoms with Crippen molar-refractivity contribution in [2.24, 2.45) is 46.3 Å². The summed E-state index contributed by atoms with van der Waals surface area (Å²) in [4.78, 5) is 51.1. The molecule has 4 rings (SSSR count). The Balaban J connectivity index is 1.52. The number of fused-ring (bicyclic) bond motifs is 5. The number of carbonyl (C=O) groups excluding carboxylic acids is 4. The second kappa shape index (κ2) is 9.85. The first-order chi connectivity index (χ1) is 16.6. The molecule has 4 saturated carbocycles. The number of hydrogen-bond acceptors (Lipinski definition) is 7. The van der Waals surface area contributed by atoms with Crippen LogP contribution in [0, 0.1) is 46.3 Å². The van der Waals surface area contributed by atoms with Gasteiger partial charge < -0.3 is 14.2 Å². The minimum atomic E-state index is -0.636. The van der Waals surface area contributed by atoms with E-state index in [1.165, 1.54) is 7.11 Å². The summed E-state index contributed by atoms with van der Waals surface area (Å²) in [6.07, 6.45) is 5.25. The van der Waals surface area contributed by atoms with Crippen molar-refractivity contribution in [1.29, 1.82) is 0 Å². The molecule has 0 radical (unpaired) electrons. The molecule has 4 aliphatic carbocycles. The Morgan fingerprint density at radius 1 is 1.09 bits per heavy atom. The summed E-state index contributed by atoms with van der Waals surface area (Å²) in [6, 6.07) is 0. The molecule has 0 unspecified atom stereocenters. The summed E-state index contributed by atoms with van der Waals surface area (Å²) in [7, 11) is 1.41. The Morgan fingerprint density at radius 2 is 1.83 bits per heavy atom. The van der Waals surface area contributed by atoms with E-state index < -0.39 is 11.6 Å². The lowest BCUT2D eigenvalue weighted by atomic mass is 9.43. The number of rotatable bonds is 6. The Hall–Kier alpha value is -1.92. The van der Waals surface area contributed by atoms with Gasteiger partial charge in [-0.25, -0.2) is 4.79 Å². The van der Waals surface area contributed by atoms with Gasteiger partial charge in [-0.15, -0.1) is 0 Å². The Morgan fingerprint density at radius 3 is 2.51 bits per heavy atom. The van der Waals surface area contributed by atoms with Crippen LogP contribution in [0.15, 0.2) is 0 Å². The van der Waals surface area contributed by atoms with Gasteiger partial charge >= 0.3 is 12.1 Å². The average molecular weight is 491 g/mol. The van der Waals surface area contributed by atoms with Gasteiger partial charge in [0.2, 0.25) is 0 Å². The van der Waals surface area contributed by atoms with E-state index in [2.05, 4.69) is 20.8 Å². The van der Waals surface area contributed by atoms with Gasteiger partial charge in [0, 0.05) is 30.6 Å². The fraction of sp³-hybridized carbons (Fsp3) is 0.857.